The zero-order valence-electron chi connectivity index (χ0n) is 12.8. The summed E-state index contributed by atoms with van der Waals surface area (Å²) in [5, 5.41) is 9.78. The van der Waals surface area contributed by atoms with Gasteiger partial charge in [0.15, 0.2) is 0 Å². The van der Waals surface area contributed by atoms with Crippen LogP contribution in [0.3, 0.4) is 0 Å². The van der Waals surface area contributed by atoms with Gasteiger partial charge in [0.05, 0.1) is 7.11 Å². The zero-order valence-corrected chi connectivity index (χ0v) is 12.8. The third kappa shape index (κ3) is 2.13. The molecule has 1 aromatic rings. The minimum atomic E-state index is -0.685. The van der Waals surface area contributed by atoms with Gasteiger partial charge in [-0.05, 0) is 61.9 Å². The Morgan fingerprint density at radius 3 is 3.00 bits per heavy atom. The van der Waals surface area contributed by atoms with Crippen LogP contribution in [0.4, 0.5) is 0 Å². The van der Waals surface area contributed by atoms with Crippen molar-refractivity contribution in [3.05, 3.63) is 29.3 Å². The van der Waals surface area contributed by atoms with Crippen molar-refractivity contribution < 1.29 is 14.6 Å². The van der Waals surface area contributed by atoms with E-state index in [1.807, 2.05) is 13.0 Å². The predicted molar refractivity (Wildman–Crippen MR) is 80.7 cm³/mol. The number of benzene rings is 1. The standard InChI is InChI=1S/C17H23NO3/c1-3-17(16(19)20)9-4-10-18(17)15-8-6-12-5-7-13(21-2)11-14(12)15/h5,7,11,15H,3-4,6,8-10H2,1-2H3,(H,19,20). The first-order valence-electron chi connectivity index (χ1n) is 7.79. The van der Waals surface area contributed by atoms with Crippen LogP contribution in [0.25, 0.3) is 0 Å². The van der Waals surface area contributed by atoms with Crippen LogP contribution in [0.15, 0.2) is 18.2 Å². The van der Waals surface area contributed by atoms with Gasteiger partial charge in [0.25, 0.3) is 0 Å². The Labute approximate surface area is 125 Å². The monoisotopic (exact) mass is 289 g/mol. The van der Waals surface area contributed by atoms with Crippen molar-refractivity contribution in [1.82, 2.24) is 4.90 Å². The molecule has 21 heavy (non-hydrogen) atoms. The summed E-state index contributed by atoms with van der Waals surface area (Å²) in [5.41, 5.74) is 1.91. The Bertz CT molecular complexity index is 557. The lowest BCUT2D eigenvalue weighted by Gasteiger charge is -2.38. The van der Waals surface area contributed by atoms with Gasteiger partial charge in [0.1, 0.15) is 11.3 Å². The van der Waals surface area contributed by atoms with Gasteiger partial charge in [-0.2, -0.15) is 0 Å². The number of fused-ring (bicyclic) bond motifs is 1. The number of aryl methyl sites for hydroxylation is 1. The van der Waals surface area contributed by atoms with Crippen molar-refractivity contribution in [1.29, 1.82) is 0 Å². The van der Waals surface area contributed by atoms with Gasteiger partial charge in [-0.1, -0.05) is 13.0 Å². The molecule has 4 heteroatoms. The Hall–Kier alpha value is -1.55. The molecule has 2 unspecified atom stereocenters. The van der Waals surface area contributed by atoms with E-state index in [2.05, 4.69) is 17.0 Å². The predicted octanol–water partition coefficient (Wildman–Crippen LogP) is 3.01. The molecular weight excluding hydrogens is 266 g/mol. The third-order valence-corrected chi connectivity index (χ3v) is 5.30. The lowest BCUT2D eigenvalue weighted by molar-refractivity contribution is -0.151. The number of aliphatic carboxylic acids is 1. The largest absolute Gasteiger partial charge is 0.497 e. The van der Waals surface area contributed by atoms with Crippen molar-refractivity contribution in [3.8, 4) is 5.75 Å². The molecule has 1 saturated heterocycles. The van der Waals surface area contributed by atoms with Crippen molar-refractivity contribution in [3.63, 3.8) is 0 Å². The maximum absolute atomic E-state index is 11.9. The SMILES string of the molecule is CCC1(C(=O)O)CCCN1C1CCc2ccc(OC)cc21. The van der Waals surface area contributed by atoms with E-state index >= 15 is 0 Å². The zero-order chi connectivity index (χ0) is 15.0. The van der Waals surface area contributed by atoms with Crippen LogP contribution < -0.4 is 4.74 Å². The van der Waals surface area contributed by atoms with Crippen LogP contribution >= 0.6 is 0 Å². The first-order chi connectivity index (χ1) is 10.1. The Kier molecular flexibility index (Phi) is 3.66. The van der Waals surface area contributed by atoms with E-state index in [1.165, 1.54) is 11.1 Å². The maximum atomic E-state index is 11.9. The number of carbonyl (C=O) groups is 1. The van der Waals surface area contributed by atoms with Crippen LogP contribution in [-0.4, -0.2) is 35.2 Å². The molecule has 2 atom stereocenters. The first-order valence-corrected chi connectivity index (χ1v) is 7.79. The van der Waals surface area contributed by atoms with E-state index in [-0.39, 0.29) is 6.04 Å². The topological polar surface area (TPSA) is 49.8 Å². The van der Waals surface area contributed by atoms with Gasteiger partial charge in [0.2, 0.25) is 0 Å². The highest BCUT2D eigenvalue weighted by atomic mass is 16.5. The molecular formula is C17H23NO3. The van der Waals surface area contributed by atoms with Crippen molar-refractivity contribution in [2.75, 3.05) is 13.7 Å². The molecule has 4 nitrogen and oxygen atoms in total. The normalized spacial score (nSPS) is 28.6. The molecule has 1 aromatic carbocycles. The summed E-state index contributed by atoms with van der Waals surface area (Å²) >= 11 is 0. The van der Waals surface area contributed by atoms with Crippen LogP contribution in [0.1, 0.15) is 49.8 Å². The lowest BCUT2D eigenvalue weighted by Crippen LogP contribution is -2.51. The van der Waals surface area contributed by atoms with E-state index in [9.17, 15) is 9.90 Å². The van der Waals surface area contributed by atoms with E-state index in [4.69, 9.17) is 4.74 Å². The van der Waals surface area contributed by atoms with Crippen LogP contribution in [-0.2, 0) is 11.2 Å². The minimum absolute atomic E-state index is 0.216. The van der Waals surface area contributed by atoms with Crippen LogP contribution in [0.5, 0.6) is 5.75 Å². The Morgan fingerprint density at radius 1 is 1.52 bits per heavy atom. The summed E-state index contributed by atoms with van der Waals surface area (Å²) < 4.78 is 5.34. The Balaban J connectivity index is 1.98. The fourth-order valence-electron chi connectivity index (χ4n) is 4.12. The molecule has 1 heterocycles. The quantitative estimate of drug-likeness (QED) is 0.925. The van der Waals surface area contributed by atoms with Crippen LogP contribution in [0.2, 0.25) is 0 Å². The second kappa shape index (κ2) is 5.34. The second-order valence-corrected chi connectivity index (χ2v) is 6.11. The van der Waals surface area contributed by atoms with E-state index in [1.54, 1.807) is 7.11 Å². The molecule has 1 aliphatic carbocycles. The highest BCUT2D eigenvalue weighted by Crippen LogP contribution is 2.45. The van der Waals surface area contributed by atoms with Gasteiger partial charge >= 0.3 is 5.97 Å². The molecule has 1 N–H and O–H groups in total. The van der Waals surface area contributed by atoms with Gasteiger partial charge in [-0.15, -0.1) is 0 Å². The summed E-state index contributed by atoms with van der Waals surface area (Å²) in [6.45, 7) is 2.87. The molecule has 0 amide bonds. The molecule has 0 aromatic heterocycles. The summed E-state index contributed by atoms with van der Waals surface area (Å²) in [5.74, 6) is 0.191. The van der Waals surface area contributed by atoms with E-state index in [0.717, 1.165) is 38.0 Å². The molecule has 0 bridgehead atoms. The van der Waals surface area contributed by atoms with E-state index < -0.39 is 11.5 Å². The Morgan fingerprint density at radius 2 is 2.33 bits per heavy atom. The molecule has 2 aliphatic rings. The smallest absolute Gasteiger partial charge is 0.324 e. The summed E-state index contributed by atoms with van der Waals surface area (Å²) in [6.07, 6.45) is 4.43. The minimum Gasteiger partial charge on any atom is -0.497 e. The molecule has 3 rings (SSSR count). The van der Waals surface area contributed by atoms with Gasteiger partial charge in [-0.3, -0.25) is 9.69 Å². The highest BCUT2D eigenvalue weighted by Gasteiger charge is 2.50. The third-order valence-electron chi connectivity index (χ3n) is 5.30. The number of hydrogen-bond acceptors (Lipinski definition) is 3. The molecule has 1 fully saturated rings. The lowest BCUT2D eigenvalue weighted by atomic mass is 9.91. The fourth-order valence-corrected chi connectivity index (χ4v) is 4.12. The molecule has 114 valence electrons. The number of likely N-dealkylation sites (tertiary alicyclic amines) is 1. The van der Waals surface area contributed by atoms with Crippen LogP contribution in [0, 0.1) is 0 Å². The molecule has 0 radical (unpaired) electrons. The number of ether oxygens (including phenoxy) is 1. The van der Waals surface area contributed by atoms with Gasteiger partial charge < -0.3 is 9.84 Å². The average Bonchev–Trinajstić information content (AvgIpc) is 3.10. The van der Waals surface area contributed by atoms with E-state index in [0.29, 0.717) is 6.42 Å². The molecule has 0 spiro atoms. The van der Waals surface area contributed by atoms with Crippen molar-refractivity contribution in [2.45, 2.75) is 50.6 Å². The summed E-state index contributed by atoms with van der Waals surface area (Å²) in [4.78, 5) is 14.1. The first kappa shape index (κ1) is 14.4. The highest BCUT2D eigenvalue weighted by molar-refractivity contribution is 5.79. The average molecular weight is 289 g/mol. The number of carboxylic acids is 1. The van der Waals surface area contributed by atoms with Gasteiger partial charge in [0, 0.05) is 6.04 Å². The molecule has 0 saturated carbocycles. The van der Waals surface area contributed by atoms with Crippen molar-refractivity contribution in [2.24, 2.45) is 0 Å². The van der Waals surface area contributed by atoms with Gasteiger partial charge in [-0.25, -0.2) is 0 Å². The number of methoxy groups -OCH3 is 1. The van der Waals surface area contributed by atoms with Crippen molar-refractivity contribution >= 4 is 5.97 Å². The fraction of sp³-hybridized carbons (Fsp3) is 0.588. The number of nitrogens with zero attached hydrogens (tertiary/aromatic N) is 1. The second-order valence-electron chi connectivity index (χ2n) is 6.11. The maximum Gasteiger partial charge on any atom is 0.324 e. The molecule has 1 aliphatic heterocycles. The number of hydrogen-bond donors (Lipinski definition) is 1. The number of rotatable bonds is 4. The summed E-state index contributed by atoms with van der Waals surface area (Å²) in [6, 6.07) is 6.43. The summed E-state index contributed by atoms with van der Waals surface area (Å²) in [7, 11) is 1.68. The number of carboxylic acid groups (broad SMARTS) is 1.